The fraction of sp³-hybridized carbons (Fsp3) is 0.533. The minimum Gasteiger partial charge on any atom is -0.383 e. The quantitative estimate of drug-likeness (QED) is 0.498. The summed E-state index contributed by atoms with van der Waals surface area (Å²) in [4.78, 5) is 23.2. The first-order valence-electron chi connectivity index (χ1n) is 7.43. The molecular weight excluding hydrogens is 318 g/mol. The SMILES string of the molecule is COCCNC(=O)CSc1ncnc2sc3c(c12)CCCC3. The van der Waals surface area contributed by atoms with E-state index in [0.717, 1.165) is 22.7 Å². The van der Waals surface area contributed by atoms with Crippen molar-refractivity contribution in [2.24, 2.45) is 0 Å². The second-order valence-electron chi connectivity index (χ2n) is 5.20. The number of carbonyl (C=O) groups excluding carboxylic acids is 1. The molecule has 1 aliphatic rings. The molecular formula is C15H19N3O2S2. The van der Waals surface area contributed by atoms with Gasteiger partial charge in [0.25, 0.3) is 0 Å². The molecule has 0 bridgehead atoms. The van der Waals surface area contributed by atoms with Crippen LogP contribution >= 0.6 is 23.1 Å². The summed E-state index contributed by atoms with van der Waals surface area (Å²) in [6.07, 6.45) is 6.36. The Bertz CT molecular complexity index is 672. The molecule has 1 amide bonds. The van der Waals surface area contributed by atoms with E-state index in [9.17, 15) is 4.79 Å². The highest BCUT2D eigenvalue weighted by Gasteiger charge is 2.20. The maximum Gasteiger partial charge on any atom is 0.230 e. The Hall–Kier alpha value is -1.18. The Morgan fingerprint density at radius 3 is 3.14 bits per heavy atom. The Labute approximate surface area is 137 Å². The summed E-state index contributed by atoms with van der Waals surface area (Å²) in [6, 6.07) is 0. The summed E-state index contributed by atoms with van der Waals surface area (Å²) in [5.41, 5.74) is 1.41. The summed E-state index contributed by atoms with van der Waals surface area (Å²) in [5.74, 6) is 0.387. The standard InChI is InChI=1S/C15H19N3O2S2/c1-20-7-6-16-12(19)8-21-14-13-10-4-2-3-5-11(10)22-15(13)18-9-17-14/h9H,2-8H2,1H3,(H,16,19). The van der Waals surface area contributed by atoms with E-state index in [4.69, 9.17) is 4.74 Å². The average Bonchev–Trinajstić information content (AvgIpc) is 2.92. The molecule has 5 nitrogen and oxygen atoms in total. The Morgan fingerprint density at radius 2 is 2.27 bits per heavy atom. The van der Waals surface area contributed by atoms with Crippen molar-refractivity contribution in [1.29, 1.82) is 0 Å². The molecule has 0 fully saturated rings. The monoisotopic (exact) mass is 337 g/mol. The first kappa shape index (κ1) is 15.7. The molecule has 2 aromatic rings. The highest BCUT2D eigenvalue weighted by atomic mass is 32.2. The zero-order valence-electron chi connectivity index (χ0n) is 12.6. The third-order valence-corrected chi connectivity index (χ3v) is 5.87. The van der Waals surface area contributed by atoms with Crippen molar-refractivity contribution in [2.45, 2.75) is 30.7 Å². The summed E-state index contributed by atoms with van der Waals surface area (Å²) in [6.45, 7) is 1.08. The first-order valence-corrected chi connectivity index (χ1v) is 9.23. The van der Waals surface area contributed by atoms with E-state index in [-0.39, 0.29) is 5.91 Å². The first-order chi connectivity index (χ1) is 10.8. The van der Waals surface area contributed by atoms with Gasteiger partial charge in [-0.15, -0.1) is 11.3 Å². The van der Waals surface area contributed by atoms with Crippen LogP contribution in [0.1, 0.15) is 23.3 Å². The normalized spacial score (nSPS) is 14.0. The van der Waals surface area contributed by atoms with Crippen LogP contribution in [0.5, 0.6) is 0 Å². The second-order valence-corrected chi connectivity index (χ2v) is 7.25. The van der Waals surface area contributed by atoms with Crippen molar-refractivity contribution in [3.8, 4) is 0 Å². The Kier molecular flexibility index (Phi) is 5.28. The van der Waals surface area contributed by atoms with Gasteiger partial charge >= 0.3 is 0 Å². The van der Waals surface area contributed by atoms with Crippen LogP contribution in [0.4, 0.5) is 0 Å². The van der Waals surface area contributed by atoms with E-state index in [1.165, 1.54) is 40.4 Å². The van der Waals surface area contributed by atoms with Gasteiger partial charge in [0.1, 0.15) is 16.2 Å². The fourth-order valence-electron chi connectivity index (χ4n) is 2.65. The van der Waals surface area contributed by atoms with Gasteiger partial charge in [0.2, 0.25) is 5.91 Å². The predicted octanol–water partition coefficient (Wildman–Crippen LogP) is 2.42. The topological polar surface area (TPSA) is 64.1 Å². The van der Waals surface area contributed by atoms with Crippen LogP contribution in [0.2, 0.25) is 0 Å². The second kappa shape index (κ2) is 7.39. The third-order valence-electron chi connectivity index (χ3n) is 3.68. The highest BCUT2D eigenvalue weighted by Crippen LogP contribution is 2.39. The van der Waals surface area contributed by atoms with Crippen molar-refractivity contribution in [3.05, 3.63) is 16.8 Å². The van der Waals surface area contributed by atoms with Crippen LogP contribution in [0.15, 0.2) is 11.4 Å². The van der Waals surface area contributed by atoms with Crippen molar-refractivity contribution < 1.29 is 9.53 Å². The molecule has 3 rings (SSSR count). The molecule has 1 N–H and O–H groups in total. The van der Waals surface area contributed by atoms with Gasteiger partial charge in [0.15, 0.2) is 0 Å². The molecule has 118 valence electrons. The van der Waals surface area contributed by atoms with Gasteiger partial charge in [-0.2, -0.15) is 0 Å². The van der Waals surface area contributed by atoms with Crippen LogP contribution < -0.4 is 5.32 Å². The van der Waals surface area contributed by atoms with Crippen LogP contribution in [-0.2, 0) is 22.4 Å². The molecule has 2 aromatic heterocycles. The van der Waals surface area contributed by atoms with E-state index in [1.807, 2.05) is 0 Å². The minimum atomic E-state index is 0.0120. The predicted molar refractivity (Wildman–Crippen MR) is 89.7 cm³/mol. The smallest absolute Gasteiger partial charge is 0.230 e. The lowest BCUT2D eigenvalue weighted by molar-refractivity contribution is -0.118. The Balaban J connectivity index is 1.73. The number of carbonyl (C=O) groups is 1. The lowest BCUT2D eigenvalue weighted by Crippen LogP contribution is -2.28. The zero-order valence-corrected chi connectivity index (χ0v) is 14.2. The number of amides is 1. The van der Waals surface area contributed by atoms with Crippen LogP contribution in [0, 0.1) is 0 Å². The van der Waals surface area contributed by atoms with E-state index >= 15 is 0 Å². The van der Waals surface area contributed by atoms with E-state index in [1.54, 1.807) is 24.8 Å². The number of fused-ring (bicyclic) bond motifs is 3. The highest BCUT2D eigenvalue weighted by molar-refractivity contribution is 8.00. The number of hydrogen-bond donors (Lipinski definition) is 1. The van der Waals surface area contributed by atoms with E-state index in [2.05, 4.69) is 15.3 Å². The van der Waals surface area contributed by atoms with Gasteiger partial charge < -0.3 is 10.1 Å². The molecule has 7 heteroatoms. The van der Waals surface area contributed by atoms with Crippen molar-refractivity contribution in [1.82, 2.24) is 15.3 Å². The number of methoxy groups -OCH3 is 1. The molecule has 22 heavy (non-hydrogen) atoms. The van der Waals surface area contributed by atoms with Crippen molar-refractivity contribution in [2.75, 3.05) is 26.0 Å². The molecule has 2 heterocycles. The van der Waals surface area contributed by atoms with Crippen molar-refractivity contribution >= 4 is 39.2 Å². The molecule has 0 unspecified atom stereocenters. The summed E-state index contributed by atoms with van der Waals surface area (Å²) in [5, 5.41) is 4.95. The lowest BCUT2D eigenvalue weighted by Gasteiger charge is -2.11. The molecule has 0 saturated heterocycles. The number of hydrogen-bond acceptors (Lipinski definition) is 6. The number of aromatic nitrogens is 2. The minimum absolute atomic E-state index is 0.0120. The number of thioether (sulfide) groups is 1. The summed E-state index contributed by atoms with van der Waals surface area (Å²) < 4.78 is 4.92. The number of nitrogens with zero attached hydrogens (tertiary/aromatic N) is 2. The third kappa shape index (κ3) is 3.42. The molecule has 0 spiro atoms. The van der Waals surface area contributed by atoms with Gasteiger partial charge in [0.05, 0.1) is 12.4 Å². The number of thiophene rings is 1. The number of rotatable bonds is 6. The lowest BCUT2D eigenvalue weighted by atomic mass is 9.97. The maximum absolute atomic E-state index is 11.8. The summed E-state index contributed by atoms with van der Waals surface area (Å²) in [7, 11) is 1.62. The number of aryl methyl sites for hydroxylation is 2. The molecule has 0 aromatic carbocycles. The molecule has 0 atom stereocenters. The zero-order chi connectivity index (χ0) is 15.4. The van der Waals surface area contributed by atoms with Crippen LogP contribution in [0.3, 0.4) is 0 Å². The number of ether oxygens (including phenoxy) is 1. The average molecular weight is 337 g/mol. The van der Waals surface area contributed by atoms with Crippen LogP contribution in [0.25, 0.3) is 10.2 Å². The molecule has 1 aliphatic carbocycles. The van der Waals surface area contributed by atoms with Gasteiger partial charge in [-0.1, -0.05) is 11.8 Å². The van der Waals surface area contributed by atoms with Crippen molar-refractivity contribution in [3.63, 3.8) is 0 Å². The van der Waals surface area contributed by atoms with Gasteiger partial charge in [-0.3, -0.25) is 4.79 Å². The number of nitrogens with one attached hydrogen (secondary N) is 1. The maximum atomic E-state index is 11.8. The largest absolute Gasteiger partial charge is 0.383 e. The fourth-order valence-corrected chi connectivity index (χ4v) is 4.80. The van der Waals surface area contributed by atoms with E-state index < -0.39 is 0 Å². The van der Waals surface area contributed by atoms with Gasteiger partial charge in [0, 0.05) is 23.9 Å². The van der Waals surface area contributed by atoms with Gasteiger partial charge in [-0.05, 0) is 31.2 Å². The van der Waals surface area contributed by atoms with Crippen LogP contribution in [-0.4, -0.2) is 41.9 Å². The Morgan fingerprint density at radius 1 is 1.41 bits per heavy atom. The summed E-state index contributed by atoms with van der Waals surface area (Å²) >= 11 is 3.28. The molecule has 0 saturated carbocycles. The molecule has 0 aliphatic heterocycles. The van der Waals surface area contributed by atoms with Gasteiger partial charge in [-0.25, -0.2) is 9.97 Å². The molecule has 0 radical (unpaired) electrons. The van der Waals surface area contributed by atoms with E-state index in [0.29, 0.717) is 18.9 Å².